The van der Waals surface area contributed by atoms with Crippen LogP contribution in [0.2, 0.25) is 0 Å². The van der Waals surface area contributed by atoms with Crippen molar-refractivity contribution < 1.29 is 13.9 Å². The zero-order chi connectivity index (χ0) is 17.5. The van der Waals surface area contributed by atoms with Crippen molar-refractivity contribution in [3.63, 3.8) is 0 Å². The highest BCUT2D eigenvalue weighted by atomic mass is 16.5. The fourth-order valence-corrected chi connectivity index (χ4v) is 2.19. The van der Waals surface area contributed by atoms with Gasteiger partial charge in [0.2, 0.25) is 5.89 Å². The first-order valence-corrected chi connectivity index (χ1v) is 7.71. The van der Waals surface area contributed by atoms with Crippen LogP contribution in [0.25, 0.3) is 0 Å². The van der Waals surface area contributed by atoms with Gasteiger partial charge >= 0.3 is 0 Å². The Labute approximate surface area is 141 Å². The number of oxazole rings is 1. The maximum Gasteiger partial charge on any atom is 0.216 e. The molecule has 7 nitrogen and oxygen atoms in total. The molecule has 0 bridgehead atoms. The lowest BCUT2D eigenvalue weighted by molar-refractivity contribution is 0.354. The van der Waals surface area contributed by atoms with Crippen LogP contribution in [0.1, 0.15) is 22.9 Å². The van der Waals surface area contributed by atoms with Crippen molar-refractivity contribution in [1.82, 2.24) is 10.3 Å². The maximum atomic E-state index is 5.86. The molecule has 7 heteroatoms. The van der Waals surface area contributed by atoms with Crippen molar-refractivity contribution in [3.05, 3.63) is 41.1 Å². The summed E-state index contributed by atoms with van der Waals surface area (Å²) in [6.07, 6.45) is 0.786. The Hall–Kier alpha value is -2.70. The monoisotopic (exact) mass is 332 g/mol. The number of guanidine groups is 1. The molecule has 1 aromatic heterocycles. The maximum absolute atomic E-state index is 5.86. The van der Waals surface area contributed by atoms with Gasteiger partial charge in [0, 0.05) is 6.54 Å². The summed E-state index contributed by atoms with van der Waals surface area (Å²) in [4.78, 5) is 8.49. The highest BCUT2D eigenvalue weighted by Crippen LogP contribution is 2.27. The van der Waals surface area contributed by atoms with E-state index in [0.29, 0.717) is 36.4 Å². The molecule has 0 atom stereocenters. The highest BCUT2D eigenvalue weighted by molar-refractivity contribution is 5.77. The number of ether oxygens (including phenoxy) is 2. The first-order valence-electron chi connectivity index (χ1n) is 7.71. The summed E-state index contributed by atoms with van der Waals surface area (Å²) in [5.41, 5.74) is 7.85. The van der Waals surface area contributed by atoms with Crippen molar-refractivity contribution in [2.75, 3.05) is 20.8 Å². The highest BCUT2D eigenvalue weighted by Gasteiger charge is 2.06. The second-order valence-corrected chi connectivity index (χ2v) is 5.32. The van der Waals surface area contributed by atoms with E-state index in [1.807, 2.05) is 32.0 Å². The van der Waals surface area contributed by atoms with Crippen molar-refractivity contribution in [2.45, 2.75) is 26.8 Å². The fraction of sp³-hybridized carbons (Fsp3) is 0.412. The minimum absolute atomic E-state index is 0.323. The molecule has 0 aliphatic rings. The SMILES string of the molecule is COc1ccc(CCNC(N)=NCc2nc(C)c(C)o2)cc1OC. The lowest BCUT2D eigenvalue weighted by atomic mass is 10.1. The molecule has 0 spiro atoms. The topological polar surface area (TPSA) is 94.9 Å². The predicted molar refractivity (Wildman–Crippen MR) is 92.6 cm³/mol. The summed E-state index contributed by atoms with van der Waals surface area (Å²) >= 11 is 0. The van der Waals surface area contributed by atoms with E-state index in [-0.39, 0.29) is 0 Å². The number of benzene rings is 1. The summed E-state index contributed by atoms with van der Waals surface area (Å²) in [5, 5.41) is 3.08. The largest absolute Gasteiger partial charge is 0.493 e. The smallest absolute Gasteiger partial charge is 0.216 e. The summed E-state index contributed by atoms with van der Waals surface area (Å²) < 4.78 is 16.0. The molecule has 0 saturated heterocycles. The van der Waals surface area contributed by atoms with E-state index in [9.17, 15) is 0 Å². The number of methoxy groups -OCH3 is 2. The number of nitrogens with one attached hydrogen (secondary N) is 1. The Morgan fingerprint density at radius 3 is 2.62 bits per heavy atom. The molecule has 0 aliphatic heterocycles. The van der Waals surface area contributed by atoms with E-state index in [0.717, 1.165) is 23.4 Å². The van der Waals surface area contributed by atoms with Gasteiger partial charge in [0.05, 0.1) is 19.9 Å². The lowest BCUT2D eigenvalue weighted by Crippen LogP contribution is -2.33. The molecule has 1 heterocycles. The summed E-state index contributed by atoms with van der Waals surface area (Å²) in [6, 6.07) is 5.83. The molecule has 0 radical (unpaired) electrons. The molecule has 0 fully saturated rings. The van der Waals surface area contributed by atoms with Crippen LogP contribution in [0.4, 0.5) is 0 Å². The normalized spacial score (nSPS) is 11.4. The molecule has 1 aromatic carbocycles. The van der Waals surface area contributed by atoms with Gasteiger partial charge in [-0.1, -0.05) is 6.07 Å². The van der Waals surface area contributed by atoms with Crippen molar-refractivity contribution in [1.29, 1.82) is 0 Å². The Kier molecular flexibility index (Phi) is 6.06. The third-order valence-electron chi connectivity index (χ3n) is 3.63. The summed E-state index contributed by atoms with van der Waals surface area (Å²) in [7, 11) is 3.24. The van der Waals surface area contributed by atoms with E-state index >= 15 is 0 Å². The van der Waals surface area contributed by atoms with Crippen LogP contribution in [0, 0.1) is 13.8 Å². The zero-order valence-corrected chi connectivity index (χ0v) is 14.5. The molecule has 0 saturated carbocycles. The number of hydrogen-bond acceptors (Lipinski definition) is 5. The molecule has 3 N–H and O–H groups in total. The zero-order valence-electron chi connectivity index (χ0n) is 14.5. The van der Waals surface area contributed by atoms with Crippen LogP contribution < -0.4 is 20.5 Å². The lowest BCUT2D eigenvalue weighted by Gasteiger charge is -2.10. The van der Waals surface area contributed by atoms with Crippen LogP contribution >= 0.6 is 0 Å². The second-order valence-electron chi connectivity index (χ2n) is 5.32. The summed E-state index contributed by atoms with van der Waals surface area (Å²) in [6.45, 7) is 4.76. The van der Waals surface area contributed by atoms with Gasteiger partial charge in [-0.25, -0.2) is 9.98 Å². The first kappa shape index (κ1) is 17.7. The van der Waals surface area contributed by atoms with Crippen molar-refractivity contribution in [2.24, 2.45) is 10.7 Å². The third-order valence-corrected chi connectivity index (χ3v) is 3.63. The van der Waals surface area contributed by atoms with Gasteiger partial charge in [-0.05, 0) is 38.0 Å². The number of aryl methyl sites for hydroxylation is 2. The molecular weight excluding hydrogens is 308 g/mol. The minimum atomic E-state index is 0.323. The van der Waals surface area contributed by atoms with Gasteiger partial charge in [0.1, 0.15) is 12.3 Å². The van der Waals surface area contributed by atoms with Crippen molar-refractivity contribution >= 4 is 5.96 Å². The van der Waals surface area contributed by atoms with E-state index in [4.69, 9.17) is 19.6 Å². The first-order chi connectivity index (χ1) is 11.5. The Balaban J connectivity index is 1.83. The van der Waals surface area contributed by atoms with Gasteiger partial charge in [-0.15, -0.1) is 0 Å². The molecule has 2 rings (SSSR count). The number of aliphatic imine (C=N–C) groups is 1. The van der Waals surface area contributed by atoms with Gasteiger partial charge in [-0.3, -0.25) is 0 Å². The Morgan fingerprint density at radius 1 is 1.25 bits per heavy atom. The second kappa shape index (κ2) is 8.24. The Morgan fingerprint density at radius 2 is 2.00 bits per heavy atom. The van der Waals surface area contributed by atoms with Gasteiger partial charge in [0.15, 0.2) is 17.5 Å². The third kappa shape index (κ3) is 4.65. The van der Waals surface area contributed by atoms with Crippen LogP contribution in [0.5, 0.6) is 11.5 Å². The molecule has 0 amide bonds. The number of nitrogens with zero attached hydrogens (tertiary/aromatic N) is 2. The number of nitrogens with two attached hydrogens (primary N) is 1. The average Bonchev–Trinajstić information content (AvgIpc) is 2.91. The predicted octanol–water partition coefficient (Wildman–Crippen LogP) is 1.96. The van der Waals surface area contributed by atoms with Crippen LogP contribution in [-0.4, -0.2) is 31.7 Å². The average molecular weight is 332 g/mol. The van der Waals surface area contributed by atoms with Crippen LogP contribution in [0.15, 0.2) is 27.6 Å². The van der Waals surface area contributed by atoms with Crippen LogP contribution in [0.3, 0.4) is 0 Å². The van der Waals surface area contributed by atoms with Crippen LogP contribution in [-0.2, 0) is 13.0 Å². The van der Waals surface area contributed by atoms with Gasteiger partial charge in [-0.2, -0.15) is 0 Å². The number of rotatable bonds is 7. The number of hydrogen-bond donors (Lipinski definition) is 2. The molecule has 24 heavy (non-hydrogen) atoms. The summed E-state index contributed by atoms with van der Waals surface area (Å²) in [5.74, 6) is 3.16. The molecule has 0 aliphatic carbocycles. The van der Waals surface area contributed by atoms with E-state index < -0.39 is 0 Å². The van der Waals surface area contributed by atoms with E-state index in [1.165, 1.54) is 0 Å². The van der Waals surface area contributed by atoms with Crippen molar-refractivity contribution in [3.8, 4) is 11.5 Å². The number of aromatic nitrogens is 1. The molecule has 0 unspecified atom stereocenters. The standard InChI is InChI=1S/C17H24N4O3/c1-11-12(2)24-16(21-11)10-20-17(18)19-8-7-13-5-6-14(22-3)15(9-13)23-4/h5-6,9H,7-8,10H2,1-4H3,(H3,18,19,20). The quantitative estimate of drug-likeness (QED) is 0.594. The molecule has 130 valence electrons. The van der Waals surface area contributed by atoms with E-state index in [2.05, 4.69) is 15.3 Å². The minimum Gasteiger partial charge on any atom is -0.493 e. The van der Waals surface area contributed by atoms with Gasteiger partial charge in [0.25, 0.3) is 0 Å². The Bertz CT molecular complexity index is 690. The fourth-order valence-electron chi connectivity index (χ4n) is 2.19. The molecule has 2 aromatic rings. The van der Waals surface area contributed by atoms with Gasteiger partial charge < -0.3 is 24.9 Å². The molecular formula is C17H24N4O3. The van der Waals surface area contributed by atoms with E-state index in [1.54, 1.807) is 14.2 Å².